The van der Waals surface area contributed by atoms with Crippen molar-refractivity contribution in [2.45, 2.75) is 32.9 Å². The maximum atomic E-state index is 12.0. The zero-order valence-electron chi connectivity index (χ0n) is 13.0. The third-order valence-electron chi connectivity index (χ3n) is 3.58. The van der Waals surface area contributed by atoms with Crippen LogP contribution in [0.15, 0.2) is 34.7 Å². The van der Waals surface area contributed by atoms with Crippen molar-refractivity contribution in [3.8, 4) is 5.75 Å². The van der Waals surface area contributed by atoms with Gasteiger partial charge in [0, 0.05) is 0 Å². The topological polar surface area (TPSA) is 80.6 Å². The monoisotopic (exact) mass is 314 g/mol. The number of hydrogen-bond acceptors (Lipinski definition) is 4. The Labute approximate surface area is 133 Å². The van der Waals surface area contributed by atoms with Crippen LogP contribution in [0, 0.1) is 13.8 Å². The molecule has 2 N–H and O–H groups in total. The van der Waals surface area contributed by atoms with E-state index in [4.69, 9.17) is 9.15 Å². The van der Waals surface area contributed by atoms with Gasteiger partial charge in [-0.1, -0.05) is 6.07 Å². The summed E-state index contributed by atoms with van der Waals surface area (Å²) in [5.74, 6) is 1.46. The molecular weight excluding hydrogens is 296 g/mol. The highest BCUT2D eigenvalue weighted by Gasteiger charge is 2.29. The molecule has 0 fully saturated rings. The second kappa shape index (κ2) is 6.16. The van der Waals surface area contributed by atoms with Crippen LogP contribution in [0.4, 0.5) is 5.69 Å². The predicted molar refractivity (Wildman–Crippen MR) is 84.1 cm³/mol. The lowest BCUT2D eigenvalue weighted by Gasteiger charge is -2.25. The fraction of sp³-hybridized carbons (Fsp3) is 0.294. The number of fused-ring (bicyclic) bond motifs is 1. The van der Waals surface area contributed by atoms with Crippen molar-refractivity contribution in [3.05, 3.63) is 47.4 Å². The number of carbonyl (C=O) groups excluding carboxylic acids is 2. The highest BCUT2D eigenvalue weighted by atomic mass is 16.5. The minimum absolute atomic E-state index is 0.0428. The zero-order chi connectivity index (χ0) is 16.4. The zero-order valence-corrected chi connectivity index (χ0v) is 13.0. The van der Waals surface area contributed by atoms with Crippen LogP contribution in [0.2, 0.25) is 0 Å². The summed E-state index contributed by atoms with van der Waals surface area (Å²) in [6, 6.07) is 9.16. The Morgan fingerprint density at radius 3 is 2.83 bits per heavy atom. The smallest absolute Gasteiger partial charge is 0.266 e. The van der Waals surface area contributed by atoms with Gasteiger partial charge in [0.2, 0.25) is 5.91 Å². The first-order valence-corrected chi connectivity index (χ1v) is 7.41. The van der Waals surface area contributed by atoms with Crippen molar-refractivity contribution < 1.29 is 18.7 Å². The Morgan fingerprint density at radius 2 is 2.09 bits per heavy atom. The molecule has 1 atom stereocenters. The lowest BCUT2D eigenvalue weighted by Crippen LogP contribution is -2.40. The van der Waals surface area contributed by atoms with Crippen LogP contribution in [0.3, 0.4) is 0 Å². The van der Waals surface area contributed by atoms with Gasteiger partial charge in [0.1, 0.15) is 17.3 Å². The Kier molecular flexibility index (Phi) is 4.06. The van der Waals surface area contributed by atoms with Crippen LogP contribution in [0.25, 0.3) is 0 Å². The maximum Gasteiger partial charge on any atom is 0.266 e. The number of rotatable bonds is 4. The summed E-state index contributed by atoms with van der Waals surface area (Å²) >= 11 is 0. The molecule has 1 aliphatic rings. The Hall–Kier alpha value is -2.76. The van der Waals surface area contributed by atoms with E-state index in [0.29, 0.717) is 17.2 Å². The first-order valence-electron chi connectivity index (χ1n) is 7.41. The van der Waals surface area contributed by atoms with E-state index in [1.54, 1.807) is 12.1 Å². The van der Waals surface area contributed by atoms with Gasteiger partial charge in [-0.25, -0.2) is 0 Å². The van der Waals surface area contributed by atoms with E-state index in [0.717, 1.165) is 11.3 Å². The number of nitrogens with one attached hydrogen (secondary N) is 2. The molecule has 0 saturated heterocycles. The summed E-state index contributed by atoms with van der Waals surface area (Å²) in [7, 11) is 0. The number of anilines is 1. The van der Waals surface area contributed by atoms with E-state index in [9.17, 15) is 9.59 Å². The van der Waals surface area contributed by atoms with E-state index in [1.807, 2.05) is 32.0 Å². The summed E-state index contributed by atoms with van der Waals surface area (Å²) in [6.45, 7) is 4.06. The first-order chi connectivity index (χ1) is 11.0. The summed E-state index contributed by atoms with van der Waals surface area (Å²) in [4.78, 5) is 24.0. The Morgan fingerprint density at radius 1 is 1.26 bits per heavy atom. The molecule has 2 aromatic rings. The maximum absolute atomic E-state index is 12.0. The molecule has 0 saturated carbocycles. The second-order valence-corrected chi connectivity index (χ2v) is 5.59. The van der Waals surface area contributed by atoms with E-state index < -0.39 is 6.10 Å². The minimum Gasteiger partial charge on any atom is -0.478 e. The molecule has 3 rings (SSSR count). The van der Waals surface area contributed by atoms with Crippen LogP contribution in [-0.2, 0) is 16.1 Å². The van der Waals surface area contributed by atoms with Crippen molar-refractivity contribution in [2.75, 3.05) is 5.32 Å². The largest absolute Gasteiger partial charge is 0.478 e. The number of hydrogen-bond donors (Lipinski definition) is 2. The molecule has 1 aromatic carbocycles. The van der Waals surface area contributed by atoms with Crippen molar-refractivity contribution >= 4 is 17.5 Å². The van der Waals surface area contributed by atoms with Gasteiger partial charge in [0.15, 0.2) is 6.10 Å². The fourth-order valence-electron chi connectivity index (χ4n) is 2.41. The van der Waals surface area contributed by atoms with Crippen LogP contribution >= 0.6 is 0 Å². The molecular formula is C17H18N2O4. The lowest BCUT2D eigenvalue weighted by molar-refractivity contribution is -0.130. The highest BCUT2D eigenvalue weighted by molar-refractivity contribution is 6.00. The van der Waals surface area contributed by atoms with E-state index >= 15 is 0 Å². The summed E-state index contributed by atoms with van der Waals surface area (Å²) in [6.07, 6.45) is -0.873. The van der Waals surface area contributed by atoms with Crippen LogP contribution in [-0.4, -0.2) is 17.9 Å². The predicted octanol–water partition coefficient (Wildman–Crippen LogP) is 2.30. The molecule has 1 aliphatic heterocycles. The van der Waals surface area contributed by atoms with Crippen molar-refractivity contribution in [2.24, 2.45) is 0 Å². The SMILES string of the molecule is Cc1ccc2c(c1)NC(=O)C(CC(=O)NCc1ccc(C)o1)O2. The number of carbonyl (C=O) groups is 2. The van der Waals surface area contributed by atoms with E-state index in [-0.39, 0.29) is 24.8 Å². The van der Waals surface area contributed by atoms with Gasteiger partial charge in [0.05, 0.1) is 18.7 Å². The van der Waals surface area contributed by atoms with E-state index in [1.165, 1.54) is 0 Å². The standard InChI is InChI=1S/C17H18N2O4/c1-10-3-6-14-13(7-10)19-17(21)15(23-14)8-16(20)18-9-12-5-4-11(2)22-12/h3-7,15H,8-9H2,1-2H3,(H,18,20)(H,19,21). The number of amides is 2. The van der Waals surface area contributed by atoms with Gasteiger partial charge in [-0.2, -0.15) is 0 Å². The summed E-state index contributed by atoms with van der Waals surface area (Å²) in [5, 5.41) is 5.49. The minimum atomic E-state index is -0.830. The number of benzene rings is 1. The number of furan rings is 1. The summed E-state index contributed by atoms with van der Waals surface area (Å²) < 4.78 is 11.0. The van der Waals surface area contributed by atoms with Gasteiger partial charge >= 0.3 is 0 Å². The number of ether oxygens (including phenoxy) is 1. The molecule has 0 bridgehead atoms. The summed E-state index contributed by atoms with van der Waals surface area (Å²) in [5.41, 5.74) is 1.66. The molecule has 1 unspecified atom stereocenters. The number of aryl methyl sites for hydroxylation is 2. The average Bonchev–Trinajstić information content (AvgIpc) is 2.92. The van der Waals surface area contributed by atoms with E-state index in [2.05, 4.69) is 10.6 Å². The highest BCUT2D eigenvalue weighted by Crippen LogP contribution is 2.30. The Bertz CT molecular complexity index is 751. The molecule has 120 valence electrons. The van der Waals surface area contributed by atoms with Gasteiger partial charge in [-0.15, -0.1) is 0 Å². The molecule has 2 amide bonds. The van der Waals surface area contributed by atoms with Crippen molar-refractivity contribution in [1.29, 1.82) is 0 Å². The molecule has 0 aliphatic carbocycles. The molecule has 0 radical (unpaired) electrons. The van der Waals surface area contributed by atoms with Crippen LogP contribution < -0.4 is 15.4 Å². The second-order valence-electron chi connectivity index (χ2n) is 5.59. The van der Waals surface area contributed by atoms with Crippen LogP contribution in [0.1, 0.15) is 23.5 Å². The third kappa shape index (κ3) is 3.53. The van der Waals surface area contributed by atoms with Gasteiger partial charge in [-0.05, 0) is 43.7 Å². The van der Waals surface area contributed by atoms with Crippen LogP contribution in [0.5, 0.6) is 5.75 Å². The lowest BCUT2D eigenvalue weighted by atomic mass is 10.1. The van der Waals surface area contributed by atoms with Gasteiger partial charge < -0.3 is 19.8 Å². The quantitative estimate of drug-likeness (QED) is 0.907. The first kappa shape index (κ1) is 15.1. The third-order valence-corrected chi connectivity index (χ3v) is 3.58. The average molecular weight is 314 g/mol. The molecule has 1 aromatic heterocycles. The van der Waals surface area contributed by atoms with Crippen molar-refractivity contribution in [3.63, 3.8) is 0 Å². The normalized spacial score (nSPS) is 16.3. The molecule has 2 heterocycles. The molecule has 0 spiro atoms. The van der Waals surface area contributed by atoms with Gasteiger partial charge in [-0.3, -0.25) is 9.59 Å². The molecule has 6 nitrogen and oxygen atoms in total. The molecule has 23 heavy (non-hydrogen) atoms. The van der Waals surface area contributed by atoms with Gasteiger partial charge in [0.25, 0.3) is 5.91 Å². The Balaban J connectivity index is 1.58. The fourth-order valence-corrected chi connectivity index (χ4v) is 2.41. The van der Waals surface area contributed by atoms with Crippen molar-refractivity contribution in [1.82, 2.24) is 5.32 Å². The molecule has 6 heteroatoms.